The third-order valence-corrected chi connectivity index (χ3v) is 3.73. The molecule has 0 unspecified atom stereocenters. The van der Waals surface area contributed by atoms with Crippen LogP contribution in [0.4, 0.5) is 15.2 Å². The summed E-state index contributed by atoms with van der Waals surface area (Å²) < 4.78 is 18.9. The van der Waals surface area contributed by atoms with E-state index in [0.29, 0.717) is 20.2 Å². The van der Waals surface area contributed by atoms with Gasteiger partial charge < -0.3 is 10.1 Å². The van der Waals surface area contributed by atoms with Gasteiger partial charge in [0.05, 0.1) is 12.8 Å². The van der Waals surface area contributed by atoms with Crippen LogP contribution in [0.2, 0.25) is 0 Å². The number of nitrogens with zero attached hydrogens (tertiary/aromatic N) is 1. The van der Waals surface area contributed by atoms with Gasteiger partial charge in [0.15, 0.2) is 10.8 Å². The van der Waals surface area contributed by atoms with Crippen LogP contribution < -0.4 is 5.32 Å². The molecule has 1 heterocycles. The van der Waals surface area contributed by atoms with Crippen molar-refractivity contribution in [2.75, 3.05) is 12.4 Å². The predicted octanol–water partition coefficient (Wildman–Crippen LogP) is 3.88. The van der Waals surface area contributed by atoms with Gasteiger partial charge in [-0.3, -0.25) is 0 Å². The lowest BCUT2D eigenvalue weighted by Crippen LogP contribution is -2.03. The predicted molar refractivity (Wildman–Crippen MR) is 75.6 cm³/mol. The molecule has 1 aromatic carbocycles. The number of carbonyl (C=O) groups is 1. The topological polar surface area (TPSA) is 51.2 Å². The Bertz CT molecular complexity index is 630. The van der Waals surface area contributed by atoms with Crippen LogP contribution in [0.3, 0.4) is 0 Å². The van der Waals surface area contributed by atoms with E-state index < -0.39 is 11.8 Å². The first-order valence-electron chi connectivity index (χ1n) is 5.29. The van der Waals surface area contributed by atoms with E-state index in [4.69, 9.17) is 0 Å². The number of aromatic nitrogens is 1. The highest BCUT2D eigenvalue weighted by atomic mass is 79.9. The molecular weight excluding hydrogens is 335 g/mol. The standard InChI is InChI=1S/C12H10BrFN2O2S/c1-6-10(11(17)18-2)16-12(19-6)15-9-4-3-7(13)5-8(9)14/h3-5H,1-2H3,(H,15,16). The number of benzene rings is 1. The van der Waals surface area contributed by atoms with Crippen molar-refractivity contribution in [2.45, 2.75) is 6.92 Å². The van der Waals surface area contributed by atoms with Gasteiger partial charge in [-0.2, -0.15) is 0 Å². The van der Waals surface area contributed by atoms with Crippen LogP contribution in [0, 0.1) is 12.7 Å². The summed E-state index contributed by atoms with van der Waals surface area (Å²) in [7, 11) is 1.29. The molecule has 0 aliphatic carbocycles. The molecule has 0 aliphatic rings. The van der Waals surface area contributed by atoms with Gasteiger partial charge in [-0.15, -0.1) is 11.3 Å². The van der Waals surface area contributed by atoms with Gasteiger partial charge in [0.1, 0.15) is 5.82 Å². The lowest BCUT2D eigenvalue weighted by Gasteiger charge is -2.04. The number of esters is 1. The lowest BCUT2D eigenvalue weighted by molar-refractivity contribution is 0.0594. The number of nitrogens with one attached hydrogen (secondary N) is 1. The van der Waals surface area contributed by atoms with E-state index in [1.807, 2.05) is 0 Å². The maximum Gasteiger partial charge on any atom is 0.357 e. The zero-order valence-electron chi connectivity index (χ0n) is 10.2. The van der Waals surface area contributed by atoms with Gasteiger partial charge in [0.2, 0.25) is 0 Å². The minimum Gasteiger partial charge on any atom is -0.464 e. The third-order valence-electron chi connectivity index (χ3n) is 2.35. The Kier molecular flexibility index (Phi) is 4.16. The second-order valence-electron chi connectivity index (χ2n) is 3.66. The molecule has 0 bridgehead atoms. The highest BCUT2D eigenvalue weighted by molar-refractivity contribution is 9.10. The van der Waals surface area contributed by atoms with Crippen LogP contribution in [-0.4, -0.2) is 18.1 Å². The molecule has 0 atom stereocenters. The number of carbonyl (C=O) groups excluding carboxylic acids is 1. The summed E-state index contributed by atoms with van der Waals surface area (Å²) in [6.07, 6.45) is 0. The van der Waals surface area contributed by atoms with Crippen molar-refractivity contribution >= 4 is 44.1 Å². The zero-order chi connectivity index (χ0) is 14.0. The maximum atomic E-state index is 13.7. The molecule has 0 fully saturated rings. The molecule has 0 saturated carbocycles. The molecule has 0 amide bonds. The van der Waals surface area contributed by atoms with Crippen LogP contribution in [0.15, 0.2) is 22.7 Å². The molecule has 1 N–H and O–H groups in total. The molecule has 2 rings (SSSR count). The van der Waals surface area contributed by atoms with Crippen molar-refractivity contribution in [2.24, 2.45) is 0 Å². The summed E-state index contributed by atoms with van der Waals surface area (Å²) in [5, 5.41) is 3.29. The first-order chi connectivity index (χ1) is 9.01. The Balaban J connectivity index is 2.26. The van der Waals surface area contributed by atoms with Crippen molar-refractivity contribution in [3.63, 3.8) is 0 Å². The molecule has 100 valence electrons. The highest BCUT2D eigenvalue weighted by Gasteiger charge is 2.16. The van der Waals surface area contributed by atoms with E-state index in [2.05, 4.69) is 31.0 Å². The van der Waals surface area contributed by atoms with Crippen molar-refractivity contribution in [3.05, 3.63) is 39.1 Å². The number of rotatable bonds is 3. The summed E-state index contributed by atoms with van der Waals surface area (Å²) in [5.74, 6) is -0.903. The van der Waals surface area contributed by atoms with Crippen LogP contribution in [0.1, 0.15) is 15.4 Å². The molecule has 1 aromatic heterocycles. The number of methoxy groups -OCH3 is 1. The van der Waals surface area contributed by atoms with Crippen molar-refractivity contribution < 1.29 is 13.9 Å². The Morgan fingerprint density at radius 1 is 1.53 bits per heavy atom. The summed E-state index contributed by atoms with van der Waals surface area (Å²) >= 11 is 4.45. The Morgan fingerprint density at radius 3 is 2.89 bits per heavy atom. The van der Waals surface area contributed by atoms with Crippen molar-refractivity contribution in [1.29, 1.82) is 0 Å². The number of aryl methyl sites for hydroxylation is 1. The number of thiazole rings is 1. The van der Waals surface area contributed by atoms with Gasteiger partial charge in [-0.25, -0.2) is 14.2 Å². The van der Waals surface area contributed by atoms with Crippen molar-refractivity contribution in [1.82, 2.24) is 4.98 Å². The second kappa shape index (κ2) is 5.66. The van der Waals surface area contributed by atoms with Gasteiger partial charge in [-0.1, -0.05) is 15.9 Å². The molecule has 0 aliphatic heterocycles. The quantitative estimate of drug-likeness (QED) is 0.858. The van der Waals surface area contributed by atoms with Crippen LogP contribution in [-0.2, 0) is 4.74 Å². The largest absolute Gasteiger partial charge is 0.464 e. The normalized spacial score (nSPS) is 10.3. The van der Waals surface area contributed by atoms with E-state index in [1.165, 1.54) is 24.5 Å². The number of halogens is 2. The van der Waals surface area contributed by atoms with E-state index in [0.717, 1.165) is 0 Å². The molecule has 0 saturated heterocycles. The fraction of sp³-hybridized carbons (Fsp3) is 0.167. The summed E-state index contributed by atoms with van der Waals surface area (Å²) in [6, 6.07) is 4.66. The minimum absolute atomic E-state index is 0.243. The zero-order valence-corrected chi connectivity index (χ0v) is 12.6. The number of hydrogen-bond donors (Lipinski definition) is 1. The van der Waals surface area contributed by atoms with Gasteiger partial charge in [0, 0.05) is 9.35 Å². The fourth-order valence-corrected chi connectivity index (χ4v) is 2.59. The smallest absolute Gasteiger partial charge is 0.357 e. The first kappa shape index (κ1) is 14.0. The highest BCUT2D eigenvalue weighted by Crippen LogP contribution is 2.28. The second-order valence-corrected chi connectivity index (χ2v) is 5.78. The van der Waals surface area contributed by atoms with Gasteiger partial charge in [0.25, 0.3) is 0 Å². The molecule has 0 radical (unpaired) electrons. The van der Waals surface area contributed by atoms with Crippen molar-refractivity contribution in [3.8, 4) is 0 Å². The number of ether oxygens (including phenoxy) is 1. The SMILES string of the molecule is COC(=O)c1nc(Nc2ccc(Br)cc2F)sc1C. The monoisotopic (exact) mass is 344 g/mol. The van der Waals surface area contributed by atoms with Gasteiger partial charge in [-0.05, 0) is 25.1 Å². The number of anilines is 2. The van der Waals surface area contributed by atoms with Crippen LogP contribution in [0.25, 0.3) is 0 Å². The Labute approximate surface area is 121 Å². The molecular formula is C12H10BrFN2O2S. The van der Waals surface area contributed by atoms with E-state index >= 15 is 0 Å². The van der Waals surface area contributed by atoms with Gasteiger partial charge >= 0.3 is 5.97 Å². The summed E-state index contributed by atoms with van der Waals surface area (Å²) in [4.78, 5) is 16.2. The summed E-state index contributed by atoms with van der Waals surface area (Å²) in [6.45, 7) is 1.76. The molecule has 7 heteroatoms. The summed E-state index contributed by atoms with van der Waals surface area (Å²) in [5.41, 5.74) is 0.542. The van der Waals surface area contributed by atoms with Crippen LogP contribution in [0.5, 0.6) is 0 Å². The first-order valence-corrected chi connectivity index (χ1v) is 6.90. The molecule has 4 nitrogen and oxygen atoms in total. The number of hydrogen-bond acceptors (Lipinski definition) is 5. The average molecular weight is 345 g/mol. The minimum atomic E-state index is -0.502. The van der Waals surface area contributed by atoms with E-state index in [9.17, 15) is 9.18 Å². The molecule has 19 heavy (non-hydrogen) atoms. The van der Waals surface area contributed by atoms with Crippen LogP contribution >= 0.6 is 27.3 Å². The fourth-order valence-electron chi connectivity index (χ4n) is 1.44. The van der Waals surface area contributed by atoms with E-state index in [1.54, 1.807) is 19.1 Å². The third kappa shape index (κ3) is 3.10. The molecule has 0 spiro atoms. The van der Waals surface area contributed by atoms with E-state index in [-0.39, 0.29) is 5.69 Å². The Morgan fingerprint density at radius 2 is 2.26 bits per heavy atom. The molecule has 2 aromatic rings. The average Bonchev–Trinajstić information content (AvgIpc) is 2.73. The Hall–Kier alpha value is -1.47. The lowest BCUT2D eigenvalue weighted by atomic mass is 10.3. The maximum absolute atomic E-state index is 13.7.